The van der Waals surface area contributed by atoms with E-state index in [1.807, 2.05) is 14.1 Å². The standard InChI is InChI=1S/C14H32N2O4/c1-15(5-3-9-17)7-11-19-13-14-20-12-8-16(2)6-4-10-18/h17-18H,3-14H2,1-2H3. The fraction of sp³-hybridized carbons (Fsp3) is 1.00. The summed E-state index contributed by atoms with van der Waals surface area (Å²) in [6, 6.07) is 0. The predicted octanol–water partition coefficient (Wildman–Crippen LogP) is -0.352. The first-order chi connectivity index (χ1) is 9.70. The van der Waals surface area contributed by atoms with Gasteiger partial charge in [0, 0.05) is 39.4 Å². The van der Waals surface area contributed by atoms with Crippen molar-refractivity contribution in [2.24, 2.45) is 0 Å². The van der Waals surface area contributed by atoms with Crippen LogP contribution in [0.3, 0.4) is 0 Å². The van der Waals surface area contributed by atoms with Gasteiger partial charge in [0.2, 0.25) is 0 Å². The van der Waals surface area contributed by atoms with E-state index >= 15 is 0 Å². The van der Waals surface area contributed by atoms with Gasteiger partial charge in [0.05, 0.1) is 26.4 Å². The lowest BCUT2D eigenvalue weighted by Gasteiger charge is -2.16. The zero-order chi connectivity index (χ0) is 15.1. The van der Waals surface area contributed by atoms with Crippen LogP contribution in [0, 0.1) is 0 Å². The molecule has 0 rings (SSSR count). The number of hydrogen-bond acceptors (Lipinski definition) is 6. The van der Waals surface area contributed by atoms with Crippen LogP contribution >= 0.6 is 0 Å². The Hall–Kier alpha value is -0.240. The predicted molar refractivity (Wildman–Crippen MR) is 80.0 cm³/mol. The summed E-state index contributed by atoms with van der Waals surface area (Å²) in [4.78, 5) is 4.29. The summed E-state index contributed by atoms with van der Waals surface area (Å²) in [5.74, 6) is 0. The van der Waals surface area contributed by atoms with Crippen molar-refractivity contribution in [3.8, 4) is 0 Å². The molecule has 122 valence electrons. The fourth-order valence-corrected chi connectivity index (χ4v) is 1.67. The van der Waals surface area contributed by atoms with Gasteiger partial charge in [0.25, 0.3) is 0 Å². The third-order valence-corrected chi connectivity index (χ3v) is 3.00. The summed E-state index contributed by atoms with van der Waals surface area (Å²) in [7, 11) is 4.05. The highest BCUT2D eigenvalue weighted by molar-refractivity contribution is 4.51. The number of rotatable bonds is 15. The maximum atomic E-state index is 8.70. The number of likely N-dealkylation sites (N-methyl/N-ethyl adjacent to an activating group) is 2. The van der Waals surface area contributed by atoms with Crippen LogP contribution in [-0.4, -0.2) is 99.9 Å². The Bertz CT molecular complexity index is 176. The molecule has 0 aliphatic rings. The molecule has 0 atom stereocenters. The van der Waals surface area contributed by atoms with Gasteiger partial charge in [-0.25, -0.2) is 0 Å². The van der Waals surface area contributed by atoms with Crippen LogP contribution in [0.25, 0.3) is 0 Å². The average molecular weight is 292 g/mol. The van der Waals surface area contributed by atoms with Gasteiger partial charge in [-0.3, -0.25) is 0 Å². The average Bonchev–Trinajstić information content (AvgIpc) is 2.45. The number of hydrogen-bond donors (Lipinski definition) is 2. The lowest BCUT2D eigenvalue weighted by atomic mass is 10.4. The molecule has 0 spiro atoms. The third kappa shape index (κ3) is 14.2. The molecule has 0 aromatic carbocycles. The molecule has 0 aliphatic carbocycles. The van der Waals surface area contributed by atoms with E-state index in [1.54, 1.807) is 0 Å². The maximum absolute atomic E-state index is 8.70. The Kier molecular flexibility index (Phi) is 15.0. The van der Waals surface area contributed by atoms with E-state index in [0.717, 1.165) is 39.0 Å². The first-order valence-electron chi connectivity index (χ1n) is 7.45. The molecule has 0 aromatic heterocycles. The van der Waals surface area contributed by atoms with Crippen molar-refractivity contribution in [2.45, 2.75) is 12.8 Å². The molecule has 6 nitrogen and oxygen atoms in total. The topological polar surface area (TPSA) is 65.4 Å². The second-order valence-corrected chi connectivity index (χ2v) is 4.99. The van der Waals surface area contributed by atoms with Crippen LogP contribution in [0.2, 0.25) is 0 Å². The highest BCUT2D eigenvalue weighted by atomic mass is 16.5. The molecule has 0 aromatic rings. The van der Waals surface area contributed by atoms with Crippen LogP contribution < -0.4 is 0 Å². The molecule has 0 bridgehead atoms. The van der Waals surface area contributed by atoms with Gasteiger partial charge in [-0.15, -0.1) is 0 Å². The summed E-state index contributed by atoms with van der Waals surface area (Å²) in [5.41, 5.74) is 0. The summed E-state index contributed by atoms with van der Waals surface area (Å²) in [6.45, 7) is 6.67. The van der Waals surface area contributed by atoms with Crippen molar-refractivity contribution in [1.29, 1.82) is 0 Å². The van der Waals surface area contributed by atoms with Crippen molar-refractivity contribution in [3.63, 3.8) is 0 Å². The molecule has 0 saturated carbocycles. The van der Waals surface area contributed by atoms with E-state index in [-0.39, 0.29) is 13.2 Å². The van der Waals surface area contributed by atoms with E-state index in [1.165, 1.54) is 0 Å². The van der Waals surface area contributed by atoms with Gasteiger partial charge in [0.1, 0.15) is 0 Å². The van der Waals surface area contributed by atoms with Crippen LogP contribution in [-0.2, 0) is 9.47 Å². The molecule has 6 heteroatoms. The van der Waals surface area contributed by atoms with Crippen LogP contribution in [0.5, 0.6) is 0 Å². The van der Waals surface area contributed by atoms with Gasteiger partial charge >= 0.3 is 0 Å². The lowest BCUT2D eigenvalue weighted by Crippen LogP contribution is -2.26. The number of aliphatic hydroxyl groups excluding tert-OH is 2. The molecular weight excluding hydrogens is 260 g/mol. The molecule has 0 fully saturated rings. The van der Waals surface area contributed by atoms with Gasteiger partial charge in [-0.2, -0.15) is 0 Å². The van der Waals surface area contributed by atoms with E-state index < -0.39 is 0 Å². The van der Waals surface area contributed by atoms with E-state index in [4.69, 9.17) is 19.7 Å². The summed E-state index contributed by atoms with van der Waals surface area (Å²) < 4.78 is 11.0. The number of aliphatic hydroxyl groups is 2. The molecule has 2 N–H and O–H groups in total. The second kappa shape index (κ2) is 15.2. The number of nitrogens with zero attached hydrogens (tertiary/aromatic N) is 2. The molecule has 20 heavy (non-hydrogen) atoms. The van der Waals surface area contributed by atoms with Gasteiger partial charge in [-0.05, 0) is 26.9 Å². The summed E-state index contributed by atoms with van der Waals surface area (Å²) >= 11 is 0. The largest absolute Gasteiger partial charge is 0.396 e. The van der Waals surface area contributed by atoms with Crippen molar-refractivity contribution in [1.82, 2.24) is 9.80 Å². The van der Waals surface area contributed by atoms with Crippen LogP contribution in [0.1, 0.15) is 12.8 Å². The smallest absolute Gasteiger partial charge is 0.0701 e. The molecule has 0 unspecified atom stereocenters. The first-order valence-corrected chi connectivity index (χ1v) is 7.45. The molecule has 0 amide bonds. The van der Waals surface area contributed by atoms with Crippen molar-refractivity contribution >= 4 is 0 Å². The Labute approximate surface area is 123 Å². The Balaban J connectivity index is 3.16. The van der Waals surface area contributed by atoms with Gasteiger partial charge < -0.3 is 29.5 Å². The third-order valence-electron chi connectivity index (χ3n) is 3.00. The zero-order valence-electron chi connectivity index (χ0n) is 13.1. The minimum Gasteiger partial charge on any atom is -0.396 e. The first kappa shape index (κ1) is 19.8. The van der Waals surface area contributed by atoms with Crippen molar-refractivity contribution in [2.75, 3.05) is 79.9 Å². The van der Waals surface area contributed by atoms with Gasteiger partial charge in [-0.1, -0.05) is 0 Å². The molecular formula is C14H32N2O4. The highest BCUT2D eigenvalue weighted by Crippen LogP contribution is 1.89. The maximum Gasteiger partial charge on any atom is 0.0701 e. The normalized spacial score (nSPS) is 11.7. The van der Waals surface area contributed by atoms with Crippen LogP contribution in [0.15, 0.2) is 0 Å². The molecule has 0 saturated heterocycles. The SMILES string of the molecule is CN(CCCO)CCOCCOCCN(C)CCCO. The minimum absolute atomic E-state index is 0.242. The van der Waals surface area contributed by atoms with E-state index in [2.05, 4.69) is 9.80 Å². The Morgan fingerprint density at radius 3 is 1.40 bits per heavy atom. The summed E-state index contributed by atoms with van der Waals surface area (Å²) in [5, 5.41) is 17.4. The molecule has 0 aliphatic heterocycles. The molecule has 0 heterocycles. The monoisotopic (exact) mass is 292 g/mol. The quantitative estimate of drug-likeness (QED) is 0.402. The zero-order valence-corrected chi connectivity index (χ0v) is 13.1. The summed E-state index contributed by atoms with van der Waals surface area (Å²) in [6.07, 6.45) is 1.62. The lowest BCUT2D eigenvalue weighted by molar-refractivity contribution is 0.0343. The fourth-order valence-electron chi connectivity index (χ4n) is 1.67. The Morgan fingerprint density at radius 1 is 0.650 bits per heavy atom. The second-order valence-electron chi connectivity index (χ2n) is 4.99. The molecule has 0 radical (unpaired) electrons. The Morgan fingerprint density at radius 2 is 1.05 bits per heavy atom. The van der Waals surface area contributed by atoms with E-state index in [9.17, 15) is 0 Å². The van der Waals surface area contributed by atoms with Crippen molar-refractivity contribution < 1.29 is 19.7 Å². The highest BCUT2D eigenvalue weighted by Gasteiger charge is 1.99. The van der Waals surface area contributed by atoms with Gasteiger partial charge in [0.15, 0.2) is 0 Å². The number of ether oxygens (including phenoxy) is 2. The minimum atomic E-state index is 0.242. The van der Waals surface area contributed by atoms with E-state index in [0.29, 0.717) is 26.4 Å². The van der Waals surface area contributed by atoms with Crippen LogP contribution in [0.4, 0.5) is 0 Å². The van der Waals surface area contributed by atoms with Crippen molar-refractivity contribution in [3.05, 3.63) is 0 Å².